The van der Waals surface area contributed by atoms with Crippen molar-refractivity contribution in [2.75, 3.05) is 33.3 Å². The molecule has 2 heterocycles. The first kappa shape index (κ1) is 14.5. The van der Waals surface area contributed by atoms with Crippen LogP contribution in [0.25, 0.3) is 0 Å². The fourth-order valence-corrected chi connectivity index (χ4v) is 2.41. The zero-order valence-corrected chi connectivity index (χ0v) is 11.8. The van der Waals surface area contributed by atoms with E-state index in [4.69, 9.17) is 5.11 Å². The summed E-state index contributed by atoms with van der Waals surface area (Å²) >= 11 is 0. The van der Waals surface area contributed by atoms with Gasteiger partial charge in [-0.3, -0.25) is 9.78 Å². The SMILES string of the molecule is CC1CN(C)CCN1C(=O)c1ccncc1C#CCO. The van der Waals surface area contributed by atoms with Gasteiger partial charge >= 0.3 is 0 Å². The van der Waals surface area contributed by atoms with Crippen LogP contribution in [0, 0.1) is 11.8 Å². The lowest BCUT2D eigenvalue weighted by Gasteiger charge is -2.38. The van der Waals surface area contributed by atoms with Crippen LogP contribution in [0.1, 0.15) is 22.8 Å². The largest absolute Gasteiger partial charge is 0.384 e. The fourth-order valence-electron chi connectivity index (χ4n) is 2.41. The minimum Gasteiger partial charge on any atom is -0.384 e. The first-order valence-corrected chi connectivity index (χ1v) is 6.66. The minimum atomic E-state index is -0.229. The van der Waals surface area contributed by atoms with Gasteiger partial charge in [0, 0.05) is 38.1 Å². The maximum Gasteiger partial charge on any atom is 0.255 e. The van der Waals surface area contributed by atoms with E-state index in [9.17, 15) is 4.79 Å². The number of nitrogens with zero attached hydrogens (tertiary/aromatic N) is 3. The summed E-state index contributed by atoms with van der Waals surface area (Å²) in [7, 11) is 2.06. The topological polar surface area (TPSA) is 56.7 Å². The highest BCUT2D eigenvalue weighted by molar-refractivity contribution is 5.96. The summed E-state index contributed by atoms with van der Waals surface area (Å²) in [6.45, 7) is 4.28. The van der Waals surface area contributed by atoms with Crippen LogP contribution in [0.3, 0.4) is 0 Å². The number of hydrogen-bond acceptors (Lipinski definition) is 4. The van der Waals surface area contributed by atoms with Crippen LogP contribution in [-0.4, -0.2) is 65.1 Å². The molecule has 1 atom stereocenters. The zero-order valence-electron chi connectivity index (χ0n) is 11.8. The molecule has 1 aliphatic heterocycles. The molecule has 0 bridgehead atoms. The van der Waals surface area contributed by atoms with Crippen molar-refractivity contribution in [3.63, 3.8) is 0 Å². The number of carbonyl (C=O) groups excluding carboxylic acids is 1. The van der Waals surface area contributed by atoms with Crippen LogP contribution < -0.4 is 0 Å². The monoisotopic (exact) mass is 273 g/mol. The molecular weight excluding hydrogens is 254 g/mol. The molecule has 5 heteroatoms. The minimum absolute atomic E-state index is 0.0183. The van der Waals surface area contributed by atoms with Crippen LogP contribution in [0.5, 0.6) is 0 Å². The molecule has 0 spiro atoms. The van der Waals surface area contributed by atoms with Crippen molar-refractivity contribution >= 4 is 5.91 Å². The summed E-state index contributed by atoms with van der Waals surface area (Å²) in [4.78, 5) is 20.7. The lowest BCUT2D eigenvalue weighted by Crippen LogP contribution is -2.52. The van der Waals surface area contributed by atoms with Crippen LogP contribution in [0.15, 0.2) is 18.5 Å². The maximum atomic E-state index is 12.7. The van der Waals surface area contributed by atoms with Crippen LogP contribution >= 0.6 is 0 Å². The Hall–Kier alpha value is -1.90. The van der Waals surface area contributed by atoms with E-state index in [1.807, 2.05) is 11.8 Å². The number of likely N-dealkylation sites (N-methyl/N-ethyl adjacent to an activating group) is 1. The van der Waals surface area contributed by atoms with Crippen molar-refractivity contribution in [2.24, 2.45) is 0 Å². The number of rotatable bonds is 1. The van der Waals surface area contributed by atoms with Gasteiger partial charge < -0.3 is 14.9 Å². The number of piperazine rings is 1. The van der Waals surface area contributed by atoms with E-state index in [-0.39, 0.29) is 18.6 Å². The number of pyridine rings is 1. The summed E-state index contributed by atoms with van der Waals surface area (Å²) in [5.41, 5.74) is 1.12. The van der Waals surface area contributed by atoms with Crippen molar-refractivity contribution in [1.82, 2.24) is 14.8 Å². The van der Waals surface area contributed by atoms with Gasteiger partial charge in [0.15, 0.2) is 0 Å². The highest BCUT2D eigenvalue weighted by Gasteiger charge is 2.27. The Balaban J connectivity index is 2.25. The van der Waals surface area contributed by atoms with Gasteiger partial charge in [-0.1, -0.05) is 11.8 Å². The van der Waals surface area contributed by atoms with Crippen LogP contribution in [0.2, 0.25) is 0 Å². The molecule has 5 nitrogen and oxygen atoms in total. The Morgan fingerprint density at radius 3 is 3.05 bits per heavy atom. The molecule has 20 heavy (non-hydrogen) atoms. The summed E-state index contributed by atoms with van der Waals surface area (Å²) < 4.78 is 0. The summed E-state index contributed by atoms with van der Waals surface area (Å²) in [5, 5.41) is 8.78. The Labute approximate surface area is 119 Å². The van der Waals surface area contributed by atoms with Crippen molar-refractivity contribution in [2.45, 2.75) is 13.0 Å². The molecule has 0 saturated carbocycles. The van der Waals surface area contributed by atoms with Crippen molar-refractivity contribution in [3.8, 4) is 11.8 Å². The van der Waals surface area contributed by atoms with Gasteiger partial charge in [-0.05, 0) is 20.0 Å². The molecule has 0 aliphatic carbocycles. The third-order valence-corrected chi connectivity index (χ3v) is 3.45. The molecule has 1 aromatic heterocycles. The number of carbonyl (C=O) groups is 1. The fraction of sp³-hybridized carbons (Fsp3) is 0.467. The smallest absolute Gasteiger partial charge is 0.255 e. The van der Waals surface area contributed by atoms with Gasteiger partial charge in [-0.2, -0.15) is 0 Å². The van der Waals surface area contributed by atoms with Crippen molar-refractivity contribution in [1.29, 1.82) is 0 Å². The quantitative estimate of drug-likeness (QED) is 0.743. The van der Waals surface area contributed by atoms with Crippen LogP contribution in [-0.2, 0) is 0 Å². The van der Waals surface area contributed by atoms with Crippen molar-refractivity contribution in [3.05, 3.63) is 29.6 Å². The summed E-state index contributed by atoms with van der Waals surface area (Å²) in [6, 6.07) is 1.86. The molecule has 1 aromatic rings. The Morgan fingerprint density at radius 2 is 2.35 bits per heavy atom. The van der Waals surface area contributed by atoms with Gasteiger partial charge in [-0.15, -0.1) is 0 Å². The molecule has 1 amide bonds. The van der Waals surface area contributed by atoms with Gasteiger partial charge in [0.05, 0.1) is 11.1 Å². The number of hydrogen-bond donors (Lipinski definition) is 1. The Morgan fingerprint density at radius 1 is 1.55 bits per heavy atom. The van der Waals surface area contributed by atoms with E-state index in [1.165, 1.54) is 0 Å². The number of aromatic nitrogens is 1. The van der Waals surface area contributed by atoms with Crippen molar-refractivity contribution < 1.29 is 9.90 Å². The normalized spacial score (nSPS) is 19.4. The number of aliphatic hydroxyl groups is 1. The van der Waals surface area contributed by atoms with E-state index >= 15 is 0 Å². The molecule has 1 aliphatic rings. The summed E-state index contributed by atoms with van der Waals surface area (Å²) in [6.07, 6.45) is 3.16. The Kier molecular flexibility index (Phi) is 4.72. The second-order valence-electron chi connectivity index (χ2n) is 4.99. The molecule has 106 valence electrons. The number of amides is 1. The third-order valence-electron chi connectivity index (χ3n) is 3.45. The second kappa shape index (κ2) is 6.51. The highest BCUT2D eigenvalue weighted by atomic mass is 16.2. The predicted octanol–water partition coefficient (Wildman–Crippen LogP) is 0.201. The van der Waals surface area contributed by atoms with E-state index in [0.717, 1.165) is 13.1 Å². The van der Waals surface area contributed by atoms with E-state index in [2.05, 4.69) is 28.8 Å². The molecule has 0 radical (unpaired) electrons. The van der Waals surface area contributed by atoms with E-state index in [0.29, 0.717) is 17.7 Å². The maximum absolute atomic E-state index is 12.7. The lowest BCUT2D eigenvalue weighted by molar-refractivity contribution is 0.0533. The first-order chi connectivity index (χ1) is 9.63. The first-order valence-electron chi connectivity index (χ1n) is 6.66. The standard InChI is InChI=1S/C15H19N3O2/c1-12-11-17(2)7-8-18(12)15(20)14-5-6-16-10-13(14)4-3-9-19/h5-6,10,12,19H,7-9,11H2,1-2H3. The molecule has 1 saturated heterocycles. The third kappa shape index (κ3) is 3.16. The number of aliphatic hydroxyl groups excluding tert-OH is 1. The lowest BCUT2D eigenvalue weighted by atomic mass is 10.1. The molecule has 1 unspecified atom stereocenters. The molecule has 1 fully saturated rings. The average molecular weight is 273 g/mol. The average Bonchev–Trinajstić information content (AvgIpc) is 2.45. The van der Waals surface area contributed by atoms with E-state index < -0.39 is 0 Å². The molecular formula is C15H19N3O2. The molecule has 2 rings (SSSR count). The van der Waals surface area contributed by atoms with Crippen LogP contribution in [0.4, 0.5) is 0 Å². The molecule has 1 N–H and O–H groups in total. The highest BCUT2D eigenvalue weighted by Crippen LogP contribution is 2.15. The van der Waals surface area contributed by atoms with Gasteiger partial charge in [0.2, 0.25) is 0 Å². The zero-order chi connectivity index (χ0) is 14.5. The predicted molar refractivity (Wildman–Crippen MR) is 76.2 cm³/mol. The Bertz CT molecular complexity index is 548. The van der Waals surface area contributed by atoms with Gasteiger partial charge in [-0.25, -0.2) is 0 Å². The van der Waals surface area contributed by atoms with E-state index in [1.54, 1.807) is 18.5 Å². The summed E-state index contributed by atoms with van der Waals surface area (Å²) in [5.74, 6) is 5.34. The van der Waals surface area contributed by atoms with Gasteiger partial charge in [0.1, 0.15) is 6.61 Å². The van der Waals surface area contributed by atoms with Gasteiger partial charge in [0.25, 0.3) is 5.91 Å². The molecule has 0 aromatic carbocycles. The second-order valence-corrected chi connectivity index (χ2v) is 4.99.